The molecular weight excluding hydrogens is 264 g/mol. The molecule has 2 N–H and O–H groups in total. The molecule has 1 saturated carbocycles. The third-order valence-corrected chi connectivity index (χ3v) is 5.10. The van der Waals surface area contributed by atoms with Gasteiger partial charge in [0.05, 0.1) is 6.04 Å². The molecule has 1 aromatic carbocycles. The summed E-state index contributed by atoms with van der Waals surface area (Å²) in [5.41, 5.74) is 1.26. The summed E-state index contributed by atoms with van der Waals surface area (Å²) in [7, 11) is 0. The van der Waals surface area contributed by atoms with Crippen LogP contribution in [-0.4, -0.2) is 42.3 Å². The van der Waals surface area contributed by atoms with E-state index in [1.807, 2.05) is 6.07 Å². The number of nitrogens with zero attached hydrogens (tertiary/aromatic N) is 1. The van der Waals surface area contributed by atoms with Crippen LogP contribution in [0.15, 0.2) is 18.2 Å². The highest BCUT2D eigenvalue weighted by Gasteiger charge is 2.39. The lowest BCUT2D eigenvalue weighted by molar-refractivity contribution is 0.122. The van der Waals surface area contributed by atoms with Crippen LogP contribution in [0, 0.1) is 5.92 Å². The minimum absolute atomic E-state index is 0.297. The molecular formula is C17H24N2O2. The van der Waals surface area contributed by atoms with Crippen LogP contribution < -0.4 is 10.1 Å². The smallest absolute Gasteiger partial charge is 0.127 e. The lowest BCUT2D eigenvalue weighted by Crippen LogP contribution is -2.39. The summed E-state index contributed by atoms with van der Waals surface area (Å²) in [6.45, 7) is 4.25. The van der Waals surface area contributed by atoms with E-state index in [4.69, 9.17) is 4.74 Å². The van der Waals surface area contributed by atoms with Crippen LogP contribution in [0.2, 0.25) is 0 Å². The van der Waals surface area contributed by atoms with E-state index in [0.29, 0.717) is 11.8 Å². The number of rotatable bonds is 4. The Bertz CT molecular complexity index is 510. The third kappa shape index (κ3) is 2.74. The molecule has 4 nitrogen and oxygen atoms in total. The van der Waals surface area contributed by atoms with Gasteiger partial charge in [-0.05, 0) is 56.8 Å². The van der Waals surface area contributed by atoms with Crippen molar-refractivity contribution in [2.45, 2.75) is 37.8 Å². The second kappa shape index (κ2) is 5.50. The Labute approximate surface area is 126 Å². The number of aromatic hydroxyl groups is 1. The summed E-state index contributed by atoms with van der Waals surface area (Å²) in [6.07, 6.45) is 5.24. The first-order valence-electron chi connectivity index (χ1n) is 8.23. The van der Waals surface area contributed by atoms with Gasteiger partial charge in [0, 0.05) is 24.2 Å². The van der Waals surface area contributed by atoms with Gasteiger partial charge in [-0.2, -0.15) is 0 Å². The molecule has 2 heterocycles. The summed E-state index contributed by atoms with van der Waals surface area (Å²) in [5.74, 6) is 1.98. The number of hydrogen-bond donors (Lipinski definition) is 2. The van der Waals surface area contributed by atoms with Gasteiger partial charge in [0.1, 0.15) is 18.1 Å². The first kappa shape index (κ1) is 13.4. The highest BCUT2D eigenvalue weighted by atomic mass is 16.5. The van der Waals surface area contributed by atoms with E-state index in [2.05, 4.69) is 10.2 Å². The average Bonchev–Trinajstić information content (AvgIpc) is 3.26. The Hall–Kier alpha value is -1.26. The van der Waals surface area contributed by atoms with Crippen molar-refractivity contribution in [1.82, 2.24) is 10.2 Å². The van der Waals surface area contributed by atoms with E-state index < -0.39 is 0 Å². The summed E-state index contributed by atoms with van der Waals surface area (Å²) in [5, 5.41) is 13.1. The molecule has 114 valence electrons. The molecule has 1 atom stereocenters. The maximum Gasteiger partial charge on any atom is 0.127 e. The maximum absolute atomic E-state index is 9.60. The molecule has 21 heavy (non-hydrogen) atoms. The maximum atomic E-state index is 9.60. The lowest BCUT2D eigenvalue weighted by atomic mass is 9.96. The number of benzene rings is 1. The van der Waals surface area contributed by atoms with Crippen LogP contribution in [0.3, 0.4) is 0 Å². The van der Waals surface area contributed by atoms with E-state index in [1.54, 1.807) is 12.1 Å². The van der Waals surface area contributed by atoms with Crippen molar-refractivity contribution in [3.05, 3.63) is 23.8 Å². The summed E-state index contributed by atoms with van der Waals surface area (Å²) >= 11 is 0. The van der Waals surface area contributed by atoms with Crippen molar-refractivity contribution in [3.63, 3.8) is 0 Å². The number of hydrogen-bond acceptors (Lipinski definition) is 4. The molecule has 2 aliphatic heterocycles. The lowest BCUT2D eigenvalue weighted by Gasteiger charge is -2.33. The second-order valence-electron chi connectivity index (χ2n) is 6.67. The molecule has 4 rings (SSSR count). The van der Waals surface area contributed by atoms with Crippen LogP contribution in [-0.2, 0) is 0 Å². The molecule has 1 saturated heterocycles. The number of ether oxygens (including phenoxy) is 1. The van der Waals surface area contributed by atoms with Gasteiger partial charge in [0.2, 0.25) is 0 Å². The first-order valence-corrected chi connectivity index (χ1v) is 8.23. The number of phenolic OH excluding ortho intramolecular Hbond substituents is 1. The number of phenols is 1. The van der Waals surface area contributed by atoms with Gasteiger partial charge in [-0.1, -0.05) is 0 Å². The van der Waals surface area contributed by atoms with Crippen molar-refractivity contribution < 1.29 is 9.84 Å². The predicted molar refractivity (Wildman–Crippen MR) is 81.7 cm³/mol. The normalized spacial score (nSPS) is 25.9. The van der Waals surface area contributed by atoms with Crippen LogP contribution in [0.4, 0.5) is 0 Å². The van der Waals surface area contributed by atoms with Crippen LogP contribution in [0.1, 0.15) is 37.3 Å². The van der Waals surface area contributed by atoms with E-state index in [-0.39, 0.29) is 0 Å². The van der Waals surface area contributed by atoms with Gasteiger partial charge in [-0.3, -0.25) is 4.90 Å². The van der Waals surface area contributed by atoms with Crippen molar-refractivity contribution in [3.8, 4) is 11.5 Å². The fraction of sp³-hybridized carbons (Fsp3) is 0.647. The highest BCUT2D eigenvalue weighted by molar-refractivity contribution is 5.44. The Kier molecular flexibility index (Phi) is 3.51. The second-order valence-corrected chi connectivity index (χ2v) is 6.67. The minimum atomic E-state index is 0.297. The number of fused-ring (bicyclic) bond motifs is 1. The molecule has 0 radical (unpaired) electrons. The van der Waals surface area contributed by atoms with E-state index in [1.165, 1.54) is 37.8 Å². The largest absolute Gasteiger partial charge is 0.508 e. The molecule has 1 aliphatic carbocycles. The monoisotopic (exact) mass is 288 g/mol. The molecule has 0 amide bonds. The van der Waals surface area contributed by atoms with Gasteiger partial charge in [-0.25, -0.2) is 0 Å². The number of nitrogens with one attached hydrogen (secondary N) is 1. The van der Waals surface area contributed by atoms with Crippen LogP contribution >= 0.6 is 0 Å². The quantitative estimate of drug-likeness (QED) is 0.892. The van der Waals surface area contributed by atoms with Crippen molar-refractivity contribution in [1.29, 1.82) is 0 Å². The number of piperidine rings is 1. The van der Waals surface area contributed by atoms with Gasteiger partial charge >= 0.3 is 0 Å². The van der Waals surface area contributed by atoms with Crippen LogP contribution in [0.25, 0.3) is 0 Å². The van der Waals surface area contributed by atoms with Crippen molar-refractivity contribution >= 4 is 0 Å². The highest BCUT2D eigenvalue weighted by Crippen LogP contribution is 2.43. The summed E-state index contributed by atoms with van der Waals surface area (Å²) in [4.78, 5) is 2.68. The molecule has 0 aromatic heterocycles. The van der Waals surface area contributed by atoms with Crippen molar-refractivity contribution in [2.24, 2.45) is 5.92 Å². The zero-order chi connectivity index (χ0) is 14.2. The van der Waals surface area contributed by atoms with Gasteiger partial charge in [0.15, 0.2) is 0 Å². The Morgan fingerprint density at radius 2 is 2.00 bits per heavy atom. The SMILES string of the molecule is Oc1ccc2c(c1)OCC2N(CC1CCNCC1)C1CC1. The summed E-state index contributed by atoms with van der Waals surface area (Å²) < 4.78 is 5.83. The Balaban J connectivity index is 1.52. The molecule has 2 fully saturated rings. The van der Waals surface area contributed by atoms with Gasteiger partial charge < -0.3 is 15.2 Å². The Morgan fingerprint density at radius 1 is 1.19 bits per heavy atom. The standard InChI is InChI=1S/C17H24N2O2/c20-14-3-4-15-16(11-21-17(15)9-14)19(13-1-2-13)10-12-5-7-18-8-6-12/h3-4,9,12-13,16,18,20H,1-2,5-8,10-11H2. The molecule has 0 bridgehead atoms. The predicted octanol–water partition coefficient (Wildman–Crippen LogP) is 2.29. The van der Waals surface area contributed by atoms with E-state index in [0.717, 1.165) is 37.4 Å². The van der Waals surface area contributed by atoms with Crippen molar-refractivity contribution in [2.75, 3.05) is 26.2 Å². The van der Waals surface area contributed by atoms with Gasteiger partial charge in [-0.15, -0.1) is 0 Å². The van der Waals surface area contributed by atoms with Gasteiger partial charge in [0.25, 0.3) is 0 Å². The third-order valence-electron chi connectivity index (χ3n) is 5.10. The fourth-order valence-corrected chi connectivity index (χ4v) is 3.76. The molecule has 3 aliphatic rings. The summed E-state index contributed by atoms with van der Waals surface area (Å²) in [6, 6.07) is 6.71. The molecule has 1 aromatic rings. The topological polar surface area (TPSA) is 44.7 Å². The zero-order valence-electron chi connectivity index (χ0n) is 12.4. The molecule has 4 heteroatoms. The van der Waals surface area contributed by atoms with Crippen LogP contribution in [0.5, 0.6) is 11.5 Å². The minimum Gasteiger partial charge on any atom is -0.508 e. The average molecular weight is 288 g/mol. The first-order chi connectivity index (χ1) is 10.3. The fourth-order valence-electron chi connectivity index (χ4n) is 3.76. The Morgan fingerprint density at radius 3 is 2.76 bits per heavy atom. The zero-order valence-corrected chi connectivity index (χ0v) is 12.4. The molecule has 0 spiro atoms. The van der Waals surface area contributed by atoms with E-state index in [9.17, 15) is 5.11 Å². The molecule has 1 unspecified atom stereocenters. The van der Waals surface area contributed by atoms with E-state index >= 15 is 0 Å².